The minimum Gasteiger partial charge on any atom is -0.500 e. The van der Waals surface area contributed by atoms with Gasteiger partial charge in [-0.15, -0.1) is 0 Å². The molecule has 8 heteroatoms. The summed E-state index contributed by atoms with van der Waals surface area (Å²) in [6.07, 6.45) is 0.773. The van der Waals surface area contributed by atoms with E-state index in [1.807, 2.05) is 0 Å². The molecule has 1 aromatic carbocycles. The summed E-state index contributed by atoms with van der Waals surface area (Å²) >= 11 is 5.27. The van der Waals surface area contributed by atoms with E-state index in [-0.39, 0.29) is 13.2 Å². The van der Waals surface area contributed by atoms with Crippen LogP contribution in [0.2, 0.25) is 5.02 Å². The van der Waals surface area contributed by atoms with Gasteiger partial charge >= 0.3 is 5.97 Å². The zero-order chi connectivity index (χ0) is 16.9. The van der Waals surface area contributed by atoms with Gasteiger partial charge in [-0.05, 0) is 19.9 Å². The first kappa shape index (κ1) is 18.0. The van der Waals surface area contributed by atoms with Crippen LogP contribution in [-0.4, -0.2) is 25.0 Å². The Labute approximate surface area is 129 Å². The lowest BCUT2D eigenvalue weighted by Gasteiger charge is -2.09. The Hall–Kier alpha value is -2.02. The van der Waals surface area contributed by atoms with Gasteiger partial charge in [-0.1, -0.05) is 11.6 Å². The van der Waals surface area contributed by atoms with E-state index in [0.29, 0.717) is 6.07 Å². The topological polar surface area (TPSA) is 52.6 Å². The van der Waals surface area contributed by atoms with E-state index in [9.17, 15) is 22.8 Å². The predicted molar refractivity (Wildman–Crippen MR) is 72.0 cm³/mol. The molecule has 0 saturated carbocycles. The lowest BCUT2D eigenvalue weighted by atomic mass is 10.0. The number of Topliss-reactive ketones (excluding diaryl/α,β-unsaturated/α-hetero) is 1. The zero-order valence-corrected chi connectivity index (χ0v) is 12.5. The van der Waals surface area contributed by atoms with Gasteiger partial charge in [-0.2, -0.15) is 0 Å². The number of ether oxygens (including phenoxy) is 2. The van der Waals surface area contributed by atoms with Crippen LogP contribution in [0.15, 0.2) is 17.9 Å². The van der Waals surface area contributed by atoms with E-state index in [4.69, 9.17) is 16.3 Å². The molecule has 0 saturated heterocycles. The number of rotatable bonds is 6. The monoisotopic (exact) mass is 336 g/mol. The summed E-state index contributed by atoms with van der Waals surface area (Å²) in [4.78, 5) is 23.9. The molecule has 22 heavy (non-hydrogen) atoms. The molecule has 0 spiro atoms. The third-order valence-electron chi connectivity index (χ3n) is 2.46. The molecule has 0 amide bonds. The minimum atomic E-state index is -1.62. The fraction of sp³-hybridized carbons (Fsp3) is 0.286. The highest BCUT2D eigenvalue weighted by Crippen LogP contribution is 2.26. The maximum Gasteiger partial charge on any atom is 0.345 e. The molecule has 0 N–H and O–H groups in total. The van der Waals surface area contributed by atoms with Crippen molar-refractivity contribution in [3.8, 4) is 0 Å². The Balaban J connectivity index is 3.34. The fourth-order valence-electron chi connectivity index (χ4n) is 1.45. The van der Waals surface area contributed by atoms with Crippen LogP contribution in [0.5, 0.6) is 0 Å². The average Bonchev–Trinajstić information content (AvgIpc) is 2.49. The molecule has 1 rings (SSSR count). The Kier molecular flexibility index (Phi) is 6.42. The first-order valence-electron chi connectivity index (χ1n) is 6.21. The molecule has 0 aliphatic rings. The van der Waals surface area contributed by atoms with E-state index < -0.39 is 45.4 Å². The SMILES string of the molecule is CCO/C=C(/C(=O)OCC)C(=O)c1cc(F)c(F)c(Cl)c1F. The third kappa shape index (κ3) is 3.79. The number of esters is 1. The van der Waals surface area contributed by atoms with Gasteiger partial charge in [-0.25, -0.2) is 18.0 Å². The van der Waals surface area contributed by atoms with E-state index in [0.717, 1.165) is 6.26 Å². The predicted octanol–water partition coefficient (Wildman–Crippen LogP) is 3.42. The molecule has 0 fully saturated rings. The Morgan fingerprint density at radius 1 is 1.18 bits per heavy atom. The van der Waals surface area contributed by atoms with Crippen molar-refractivity contribution in [3.63, 3.8) is 0 Å². The highest BCUT2D eigenvalue weighted by Gasteiger charge is 2.28. The molecular formula is C14H12ClF3O4. The van der Waals surface area contributed by atoms with Crippen LogP contribution >= 0.6 is 11.6 Å². The first-order valence-corrected chi connectivity index (χ1v) is 6.59. The summed E-state index contributed by atoms with van der Waals surface area (Å²) < 4.78 is 49.7. The second-order valence-electron chi connectivity index (χ2n) is 3.88. The van der Waals surface area contributed by atoms with Crippen LogP contribution in [0.3, 0.4) is 0 Å². The Bertz CT molecular complexity index is 629. The van der Waals surface area contributed by atoms with Crippen LogP contribution in [0, 0.1) is 17.5 Å². The number of hydrogen-bond donors (Lipinski definition) is 0. The van der Waals surface area contributed by atoms with Crippen molar-refractivity contribution in [3.05, 3.63) is 45.9 Å². The van der Waals surface area contributed by atoms with Crippen molar-refractivity contribution >= 4 is 23.4 Å². The second-order valence-corrected chi connectivity index (χ2v) is 4.26. The molecular weight excluding hydrogens is 325 g/mol. The highest BCUT2D eigenvalue weighted by molar-refractivity contribution is 6.32. The number of ketones is 1. The number of benzene rings is 1. The van der Waals surface area contributed by atoms with Gasteiger partial charge in [0.15, 0.2) is 17.5 Å². The molecule has 0 radical (unpaired) electrons. The molecule has 0 aliphatic carbocycles. The van der Waals surface area contributed by atoms with Crippen LogP contribution in [0.4, 0.5) is 13.2 Å². The van der Waals surface area contributed by atoms with Crippen molar-refractivity contribution < 1.29 is 32.2 Å². The molecule has 4 nitrogen and oxygen atoms in total. The molecule has 120 valence electrons. The molecule has 0 atom stereocenters. The van der Waals surface area contributed by atoms with E-state index in [1.54, 1.807) is 6.92 Å². The second kappa shape index (κ2) is 7.84. The summed E-state index contributed by atoms with van der Waals surface area (Å²) in [6, 6.07) is 0.317. The Morgan fingerprint density at radius 2 is 1.82 bits per heavy atom. The number of halogens is 4. The van der Waals surface area contributed by atoms with Crippen molar-refractivity contribution in [1.29, 1.82) is 0 Å². The zero-order valence-electron chi connectivity index (χ0n) is 11.7. The number of carbonyl (C=O) groups excluding carboxylic acids is 2. The van der Waals surface area contributed by atoms with E-state index in [2.05, 4.69) is 4.74 Å². The Morgan fingerprint density at radius 3 is 2.36 bits per heavy atom. The summed E-state index contributed by atoms with van der Waals surface area (Å²) in [5, 5.41) is -1.18. The van der Waals surface area contributed by atoms with Crippen molar-refractivity contribution in [1.82, 2.24) is 0 Å². The van der Waals surface area contributed by atoms with Gasteiger partial charge in [0.05, 0.1) is 18.8 Å². The van der Waals surface area contributed by atoms with Gasteiger partial charge < -0.3 is 9.47 Å². The van der Waals surface area contributed by atoms with Crippen LogP contribution < -0.4 is 0 Å². The quantitative estimate of drug-likeness (QED) is 0.117. The normalized spacial score (nSPS) is 11.3. The van der Waals surface area contributed by atoms with Crippen molar-refractivity contribution in [2.24, 2.45) is 0 Å². The summed E-state index contributed by atoms with van der Waals surface area (Å²) in [5.74, 6) is -6.93. The summed E-state index contributed by atoms with van der Waals surface area (Å²) in [6.45, 7) is 3.16. The van der Waals surface area contributed by atoms with Gasteiger partial charge in [0, 0.05) is 0 Å². The first-order chi connectivity index (χ1) is 10.3. The lowest BCUT2D eigenvalue weighted by Crippen LogP contribution is -2.18. The fourth-order valence-corrected chi connectivity index (χ4v) is 1.65. The highest BCUT2D eigenvalue weighted by atomic mass is 35.5. The molecule has 0 unspecified atom stereocenters. The largest absolute Gasteiger partial charge is 0.500 e. The molecule has 0 heterocycles. The van der Waals surface area contributed by atoms with Gasteiger partial charge in [0.25, 0.3) is 0 Å². The summed E-state index contributed by atoms with van der Waals surface area (Å²) in [5.41, 5.74) is -1.56. The molecule has 0 aliphatic heterocycles. The van der Waals surface area contributed by atoms with E-state index in [1.165, 1.54) is 6.92 Å². The maximum atomic E-state index is 13.8. The molecule has 0 aromatic heterocycles. The van der Waals surface area contributed by atoms with Gasteiger partial charge in [-0.3, -0.25) is 4.79 Å². The van der Waals surface area contributed by atoms with Gasteiger partial charge in [0.1, 0.15) is 16.9 Å². The van der Waals surface area contributed by atoms with Gasteiger partial charge in [0.2, 0.25) is 5.78 Å². The number of hydrogen-bond acceptors (Lipinski definition) is 4. The lowest BCUT2D eigenvalue weighted by molar-refractivity contribution is -0.138. The molecule has 1 aromatic rings. The smallest absolute Gasteiger partial charge is 0.345 e. The molecule has 0 bridgehead atoms. The number of carbonyl (C=O) groups is 2. The van der Waals surface area contributed by atoms with Crippen LogP contribution in [0.1, 0.15) is 24.2 Å². The maximum absolute atomic E-state index is 13.8. The van der Waals surface area contributed by atoms with Crippen molar-refractivity contribution in [2.45, 2.75) is 13.8 Å². The standard InChI is InChI=1S/C14H12ClF3O4/c1-3-21-6-8(14(20)22-4-2)13(19)7-5-9(16)12(18)10(15)11(7)17/h5-6H,3-4H2,1-2H3/b8-6+. The van der Waals surface area contributed by atoms with Crippen LogP contribution in [0.25, 0.3) is 0 Å². The van der Waals surface area contributed by atoms with Crippen LogP contribution in [-0.2, 0) is 14.3 Å². The van der Waals surface area contributed by atoms with E-state index >= 15 is 0 Å². The van der Waals surface area contributed by atoms with Crippen molar-refractivity contribution in [2.75, 3.05) is 13.2 Å². The minimum absolute atomic E-state index is 0.0450. The average molecular weight is 337 g/mol. The summed E-state index contributed by atoms with van der Waals surface area (Å²) in [7, 11) is 0. The third-order valence-corrected chi connectivity index (χ3v) is 2.79.